The Bertz CT molecular complexity index is 448. The standard InChI is InChI=1S/C11H19NO2.C7H10O2/c1-11(2,3)14-10(13)12-9-7-5-4-6-8-9;8-7(9)6-4-2-1-3-5-6/h4-5,9H,6-8H2,1-3H3,(H,12,13);1-2,6H,3-5H2,(H,8,9)/t9-;6-/m00/s1. The normalized spacial score (nSPS) is 23.4. The molecular weight excluding hydrogens is 294 g/mol. The molecule has 0 fully saturated rings. The highest BCUT2D eigenvalue weighted by atomic mass is 16.6. The lowest BCUT2D eigenvalue weighted by atomic mass is 9.95. The van der Waals surface area contributed by atoms with Crippen LogP contribution < -0.4 is 5.32 Å². The van der Waals surface area contributed by atoms with Crippen molar-refractivity contribution in [2.75, 3.05) is 0 Å². The number of aliphatic carboxylic acids is 1. The zero-order valence-electron chi connectivity index (χ0n) is 14.4. The van der Waals surface area contributed by atoms with Gasteiger partial charge in [0.25, 0.3) is 0 Å². The first-order valence-electron chi connectivity index (χ1n) is 8.30. The Labute approximate surface area is 138 Å². The van der Waals surface area contributed by atoms with Crippen molar-refractivity contribution in [3.05, 3.63) is 24.3 Å². The fourth-order valence-corrected chi connectivity index (χ4v) is 2.42. The predicted octanol–water partition coefficient (Wildman–Crippen LogP) is 4.05. The van der Waals surface area contributed by atoms with Gasteiger partial charge in [-0.2, -0.15) is 0 Å². The zero-order chi connectivity index (χ0) is 17.3. The third kappa shape index (κ3) is 9.06. The number of amides is 1. The van der Waals surface area contributed by atoms with Gasteiger partial charge in [-0.15, -0.1) is 0 Å². The molecule has 0 aliphatic heterocycles. The molecule has 0 aromatic rings. The van der Waals surface area contributed by atoms with E-state index in [-0.39, 0.29) is 18.1 Å². The van der Waals surface area contributed by atoms with Crippen LogP contribution in [0.3, 0.4) is 0 Å². The van der Waals surface area contributed by atoms with E-state index < -0.39 is 11.6 Å². The average Bonchev–Trinajstić information content (AvgIpc) is 2.48. The molecule has 5 heteroatoms. The highest BCUT2D eigenvalue weighted by Crippen LogP contribution is 2.17. The minimum absolute atomic E-state index is 0.116. The fraction of sp³-hybridized carbons (Fsp3) is 0.667. The molecule has 0 spiro atoms. The Morgan fingerprint density at radius 1 is 1.04 bits per heavy atom. The zero-order valence-corrected chi connectivity index (χ0v) is 14.4. The topological polar surface area (TPSA) is 75.6 Å². The molecule has 5 nitrogen and oxygen atoms in total. The summed E-state index contributed by atoms with van der Waals surface area (Å²) in [5.74, 6) is -0.769. The summed E-state index contributed by atoms with van der Waals surface area (Å²) in [6.07, 6.45) is 13.4. The van der Waals surface area contributed by atoms with Crippen LogP contribution in [-0.2, 0) is 9.53 Å². The van der Waals surface area contributed by atoms with Gasteiger partial charge in [-0.3, -0.25) is 4.79 Å². The minimum Gasteiger partial charge on any atom is -0.481 e. The Morgan fingerprint density at radius 2 is 1.65 bits per heavy atom. The number of allylic oxidation sites excluding steroid dienone is 3. The summed E-state index contributed by atoms with van der Waals surface area (Å²) in [5.41, 5.74) is -0.408. The largest absolute Gasteiger partial charge is 0.481 e. The van der Waals surface area contributed by atoms with E-state index in [4.69, 9.17) is 9.84 Å². The molecule has 23 heavy (non-hydrogen) atoms. The summed E-state index contributed by atoms with van der Waals surface area (Å²) in [6.45, 7) is 5.61. The maximum atomic E-state index is 11.4. The van der Waals surface area contributed by atoms with Gasteiger partial charge < -0.3 is 15.2 Å². The number of carboxylic acid groups (broad SMARTS) is 1. The van der Waals surface area contributed by atoms with Gasteiger partial charge in [0.2, 0.25) is 0 Å². The van der Waals surface area contributed by atoms with Gasteiger partial charge in [0.05, 0.1) is 5.92 Å². The highest BCUT2D eigenvalue weighted by Gasteiger charge is 2.19. The van der Waals surface area contributed by atoms with Gasteiger partial charge in [-0.05, 0) is 59.3 Å². The molecule has 0 bridgehead atoms. The van der Waals surface area contributed by atoms with Crippen LogP contribution in [0.5, 0.6) is 0 Å². The van der Waals surface area contributed by atoms with Crippen LogP contribution in [-0.4, -0.2) is 28.8 Å². The van der Waals surface area contributed by atoms with E-state index in [1.165, 1.54) is 0 Å². The lowest BCUT2D eigenvalue weighted by molar-refractivity contribution is -0.141. The van der Waals surface area contributed by atoms with Crippen LogP contribution in [0.2, 0.25) is 0 Å². The van der Waals surface area contributed by atoms with Gasteiger partial charge >= 0.3 is 12.1 Å². The third-order valence-corrected chi connectivity index (χ3v) is 3.61. The van der Waals surface area contributed by atoms with Crippen molar-refractivity contribution in [1.82, 2.24) is 5.32 Å². The summed E-state index contributed by atoms with van der Waals surface area (Å²) < 4.78 is 5.17. The van der Waals surface area contributed by atoms with Crippen LogP contribution in [0.25, 0.3) is 0 Å². The molecule has 2 N–H and O–H groups in total. The van der Waals surface area contributed by atoms with Gasteiger partial charge in [0.15, 0.2) is 0 Å². The van der Waals surface area contributed by atoms with Crippen molar-refractivity contribution in [3.8, 4) is 0 Å². The lowest BCUT2D eigenvalue weighted by Crippen LogP contribution is -2.39. The number of carbonyl (C=O) groups is 2. The Kier molecular flexibility index (Phi) is 7.86. The molecule has 130 valence electrons. The second-order valence-corrected chi connectivity index (χ2v) is 6.95. The molecule has 0 saturated carbocycles. The van der Waals surface area contributed by atoms with Gasteiger partial charge in [-0.25, -0.2) is 4.79 Å². The Balaban J connectivity index is 0.000000253. The van der Waals surface area contributed by atoms with E-state index in [1.54, 1.807) is 0 Å². The van der Waals surface area contributed by atoms with Crippen molar-refractivity contribution < 1.29 is 19.4 Å². The van der Waals surface area contributed by atoms with Crippen molar-refractivity contribution in [2.45, 2.75) is 70.9 Å². The molecule has 2 aliphatic rings. The first-order chi connectivity index (χ1) is 10.8. The smallest absolute Gasteiger partial charge is 0.407 e. The molecule has 2 aliphatic carbocycles. The second-order valence-electron chi connectivity index (χ2n) is 6.95. The minimum atomic E-state index is -0.653. The number of rotatable bonds is 2. The second kappa shape index (κ2) is 9.38. The molecule has 0 aromatic heterocycles. The van der Waals surface area contributed by atoms with Crippen molar-refractivity contribution in [1.29, 1.82) is 0 Å². The van der Waals surface area contributed by atoms with Gasteiger partial charge in [0, 0.05) is 6.04 Å². The summed E-state index contributed by atoms with van der Waals surface area (Å²) in [4.78, 5) is 21.7. The monoisotopic (exact) mass is 323 g/mol. The maximum absolute atomic E-state index is 11.4. The molecule has 0 aromatic carbocycles. The van der Waals surface area contributed by atoms with Crippen molar-refractivity contribution >= 4 is 12.1 Å². The number of hydrogen-bond acceptors (Lipinski definition) is 3. The Morgan fingerprint density at radius 3 is 2.04 bits per heavy atom. The van der Waals surface area contributed by atoms with Crippen LogP contribution in [0.4, 0.5) is 4.79 Å². The number of hydrogen-bond donors (Lipinski definition) is 2. The van der Waals surface area contributed by atoms with E-state index in [1.807, 2.05) is 32.9 Å². The Hall–Kier alpha value is -1.78. The maximum Gasteiger partial charge on any atom is 0.407 e. The molecule has 0 heterocycles. The fourth-order valence-electron chi connectivity index (χ4n) is 2.42. The van der Waals surface area contributed by atoms with Gasteiger partial charge in [0.1, 0.15) is 5.60 Å². The van der Waals surface area contributed by atoms with Crippen molar-refractivity contribution in [3.63, 3.8) is 0 Å². The molecule has 0 radical (unpaired) electrons. The van der Waals surface area contributed by atoms with E-state index >= 15 is 0 Å². The summed E-state index contributed by atoms with van der Waals surface area (Å²) in [7, 11) is 0. The first kappa shape index (κ1) is 19.3. The van der Waals surface area contributed by atoms with Crippen LogP contribution >= 0.6 is 0 Å². The van der Waals surface area contributed by atoms with Crippen molar-refractivity contribution in [2.24, 2.45) is 5.92 Å². The summed E-state index contributed by atoms with van der Waals surface area (Å²) in [5, 5.41) is 11.4. The average molecular weight is 323 g/mol. The predicted molar refractivity (Wildman–Crippen MR) is 90.3 cm³/mol. The number of carboxylic acids is 1. The van der Waals surface area contributed by atoms with E-state index in [2.05, 4.69) is 17.5 Å². The molecule has 2 rings (SSSR count). The molecular formula is C18H29NO4. The number of nitrogens with one attached hydrogen (secondary N) is 1. The SMILES string of the molecule is CC(C)(C)OC(=O)N[C@H]1CC=CCC1.O=C(O)[C@H]1CC=CCC1. The quantitative estimate of drug-likeness (QED) is 0.752. The van der Waals surface area contributed by atoms with Crippen LogP contribution in [0.1, 0.15) is 59.3 Å². The molecule has 2 atom stereocenters. The summed E-state index contributed by atoms with van der Waals surface area (Å²) >= 11 is 0. The highest BCUT2D eigenvalue weighted by molar-refractivity contribution is 5.70. The van der Waals surface area contributed by atoms with Crippen LogP contribution in [0.15, 0.2) is 24.3 Å². The molecule has 0 unspecified atom stereocenters. The lowest BCUT2D eigenvalue weighted by Gasteiger charge is -2.24. The number of ether oxygens (including phenoxy) is 1. The van der Waals surface area contributed by atoms with Gasteiger partial charge in [-0.1, -0.05) is 24.3 Å². The number of carbonyl (C=O) groups excluding carboxylic acids is 1. The van der Waals surface area contributed by atoms with Crippen LogP contribution in [0, 0.1) is 5.92 Å². The van der Waals surface area contributed by atoms with E-state index in [9.17, 15) is 9.59 Å². The molecule has 1 amide bonds. The first-order valence-corrected chi connectivity index (χ1v) is 8.30. The number of alkyl carbamates (subject to hydrolysis) is 1. The summed E-state index contributed by atoms with van der Waals surface area (Å²) in [6, 6.07) is 0.245. The van der Waals surface area contributed by atoms with E-state index in [0.29, 0.717) is 0 Å². The molecule has 0 saturated heterocycles. The third-order valence-electron chi connectivity index (χ3n) is 3.61. The van der Waals surface area contributed by atoms with E-state index in [0.717, 1.165) is 38.5 Å².